The lowest BCUT2D eigenvalue weighted by Gasteiger charge is -2.14. The van der Waals surface area contributed by atoms with Crippen molar-refractivity contribution in [2.75, 3.05) is 7.05 Å². The van der Waals surface area contributed by atoms with Gasteiger partial charge in [-0.3, -0.25) is 9.79 Å². The van der Waals surface area contributed by atoms with Crippen LogP contribution in [0.5, 0.6) is 0 Å². The molecular formula is C17H20ClN3O. The Morgan fingerprint density at radius 2 is 2.18 bits per heavy atom. The molecule has 0 aromatic heterocycles. The molecule has 0 spiro atoms. The summed E-state index contributed by atoms with van der Waals surface area (Å²) in [6.07, 6.45) is 5.79. The van der Waals surface area contributed by atoms with Crippen LogP contribution >= 0.6 is 11.6 Å². The van der Waals surface area contributed by atoms with Gasteiger partial charge in [0, 0.05) is 23.7 Å². The number of benzene rings is 1. The van der Waals surface area contributed by atoms with Crippen molar-refractivity contribution in [1.82, 2.24) is 5.32 Å². The first-order valence-corrected chi connectivity index (χ1v) is 7.99. The Kier molecular flexibility index (Phi) is 4.21. The lowest BCUT2D eigenvalue weighted by atomic mass is 10.1. The Balaban J connectivity index is 1.69. The van der Waals surface area contributed by atoms with Gasteiger partial charge in [0.05, 0.1) is 11.7 Å². The number of halogens is 1. The number of aryl methyl sites for hydroxylation is 1. The van der Waals surface area contributed by atoms with Crippen molar-refractivity contribution in [3.63, 3.8) is 0 Å². The Morgan fingerprint density at radius 1 is 1.41 bits per heavy atom. The fourth-order valence-corrected chi connectivity index (χ4v) is 3.14. The highest BCUT2D eigenvalue weighted by Crippen LogP contribution is 2.33. The van der Waals surface area contributed by atoms with Crippen molar-refractivity contribution >= 4 is 23.2 Å². The number of allylic oxidation sites excluding steroid dienone is 1. The predicted octanol–water partition coefficient (Wildman–Crippen LogP) is 2.77. The lowest BCUT2D eigenvalue weighted by molar-refractivity contribution is -0.118. The number of carbonyl (C=O) groups is 1. The number of amides is 1. The molecule has 116 valence electrons. The molecule has 1 amide bonds. The van der Waals surface area contributed by atoms with E-state index in [1.807, 2.05) is 18.2 Å². The van der Waals surface area contributed by atoms with Crippen LogP contribution in [0.4, 0.5) is 0 Å². The smallest absolute Gasteiger partial charge is 0.267 e. The molecule has 1 aromatic carbocycles. The number of hydrogen-bond donors (Lipinski definition) is 2. The number of nitrogens with one attached hydrogen (secondary N) is 1. The minimum atomic E-state index is -0.227. The predicted molar refractivity (Wildman–Crippen MR) is 89.0 cm³/mol. The zero-order valence-corrected chi connectivity index (χ0v) is 13.4. The van der Waals surface area contributed by atoms with Crippen LogP contribution in [0, 0.1) is 5.92 Å². The summed E-state index contributed by atoms with van der Waals surface area (Å²) in [5.41, 5.74) is 9.42. The van der Waals surface area contributed by atoms with Crippen LogP contribution in [0.15, 0.2) is 35.0 Å². The van der Waals surface area contributed by atoms with E-state index in [-0.39, 0.29) is 17.6 Å². The average Bonchev–Trinajstić information content (AvgIpc) is 3.27. The Morgan fingerprint density at radius 3 is 2.86 bits per heavy atom. The molecule has 0 heterocycles. The van der Waals surface area contributed by atoms with Gasteiger partial charge in [0.1, 0.15) is 0 Å². The molecule has 0 saturated heterocycles. The largest absolute Gasteiger partial charge is 0.394 e. The highest BCUT2D eigenvalue weighted by molar-refractivity contribution is 6.30. The normalized spacial score (nSPS) is 21.6. The van der Waals surface area contributed by atoms with Gasteiger partial charge in [-0.25, -0.2) is 0 Å². The van der Waals surface area contributed by atoms with Crippen molar-refractivity contribution in [2.45, 2.75) is 31.7 Å². The molecule has 0 aliphatic heterocycles. The van der Waals surface area contributed by atoms with E-state index in [1.165, 1.54) is 5.56 Å². The average molecular weight is 318 g/mol. The summed E-state index contributed by atoms with van der Waals surface area (Å²) < 4.78 is 0. The molecule has 1 unspecified atom stereocenters. The molecule has 2 aliphatic carbocycles. The van der Waals surface area contributed by atoms with Gasteiger partial charge in [0.2, 0.25) is 0 Å². The van der Waals surface area contributed by atoms with E-state index in [1.54, 1.807) is 13.1 Å². The number of nitrogens with zero attached hydrogens (tertiary/aromatic N) is 1. The number of rotatable bonds is 4. The molecule has 0 radical (unpaired) electrons. The van der Waals surface area contributed by atoms with E-state index < -0.39 is 0 Å². The number of hydrogen-bond acceptors (Lipinski definition) is 3. The number of nitrogens with two attached hydrogens (primary N) is 1. The van der Waals surface area contributed by atoms with Gasteiger partial charge in [-0.2, -0.15) is 0 Å². The fraction of sp³-hybridized carbons (Fsp3) is 0.412. The third kappa shape index (κ3) is 3.17. The van der Waals surface area contributed by atoms with Crippen LogP contribution in [0.1, 0.15) is 36.4 Å². The van der Waals surface area contributed by atoms with Gasteiger partial charge >= 0.3 is 0 Å². The van der Waals surface area contributed by atoms with E-state index in [0.29, 0.717) is 5.92 Å². The van der Waals surface area contributed by atoms with Crippen molar-refractivity contribution < 1.29 is 4.79 Å². The van der Waals surface area contributed by atoms with Crippen LogP contribution in [0.3, 0.4) is 0 Å². The molecule has 0 bridgehead atoms. The number of carbonyl (C=O) groups excluding carboxylic acids is 1. The maximum absolute atomic E-state index is 12.3. The second-order valence-electron chi connectivity index (χ2n) is 5.93. The van der Waals surface area contributed by atoms with Crippen molar-refractivity contribution in [3.05, 3.63) is 46.1 Å². The number of fused-ring (bicyclic) bond motifs is 1. The zero-order chi connectivity index (χ0) is 15.7. The first kappa shape index (κ1) is 15.1. The molecule has 1 saturated carbocycles. The van der Waals surface area contributed by atoms with E-state index in [4.69, 9.17) is 17.3 Å². The van der Waals surface area contributed by atoms with Gasteiger partial charge in [0.15, 0.2) is 0 Å². The highest BCUT2D eigenvalue weighted by atomic mass is 35.5. The zero-order valence-electron chi connectivity index (χ0n) is 12.6. The standard InChI is InChI=1S/C17H20ClN3O/c1-20-16(10-2-3-10)9-14(19)17(22)21-15-7-4-11-8-12(18)5-6-13(11)15/h5-6,8-10,15H,2-4,7,19H2,1H3,(H,21,22). The second-order valence-corrected chi connectivity index (χ2v) is 6.37. The van der Waals surface area contributed by atoms with E-state index in [9.17, 15) is 4.79 Å². The molecule has 5 heteroatoms. The Hall–Kier alpha value is -1.81. The molecule has 3 N–H and O–H groups in total. The molecule has 22 heavy (non-hydrogen) atoms. The molecule has 3 rings (SSSR count). The Bertz CT molecular complexity index is 662. The molecular weight excluding hydrogens is 298 g/mol. The maximum Gasteiger partial charge on any atom is 0.267 e. The van der Waals surface area contributed by atoms with E-state index in [2.05, 4.69) is 10.3 Å². The highest BCUT2D eigenvalue weighted by Gasteiger charge is 2.27. The SMILES string of the molecule is CN=C(C=C(N)C(=O)NC1CCc2cc(Cl)ccc21)C1CC1. The van der Waals surface area contributed by atoms with Crippen LogP contribution < -0.4 is 11.1 Å². The van der Waals surface area contributed by atoms with Crippen molar-refractivity contribution in [3.8, 4) is 0 Å². The van der Waals surface area contributed by atoms with Gasteiger partial charge in [-0.15, -0.1) is 0 Å². The first-order chi connectivity index (χ1) is 10.6. The minimum absolute atomic E-state index is 0.00894. The topological polar surface area (TPSA) is 67.5 Å². The number of aliphatic imine (C=N–C) groups is 1. The minimum Gasteiger partial charge on any atom is -0.394 e. The van der Waals surface area contributed by atoms with E-state index in [0.717, 1.165) is 42.0 Å². The summed E-state index contributed by atoms with van der Waals surface area (Å²) in [5.74, 6) is 0.250. The monoisotopic (exact) mass is 317 g/mol. The van der Waals surface area contributed by atoms with E-state index >= 15 is 0 Å². The van der Waals surface area contributed by atoms with Gasteiger partial charge in [0.25, 0.3) is 5.91 Å². The quantitative estimate of drug-likeness (QED) is 0.662. The third-order valence-electron chi connectivity index (χ3n) is 4.31. The maximum atomic E-state index is 12.3. The summed E-state index contributed by atoms with van der Waals surface area (Å²) in [6, 6.07) is 5.82. The second kappa shape index (κ2) is 6.13. The molecule has 4 nitrogen and oxygen atoms in total. The third-order valence-corrected chi connectivity index (χ3v) is 4.54. The van der Waals surface area contributed by atoms with Crippen molar-refractivity contribution in [1.29, 1.82) is 0 Å². The van der Waals surface area contributed by atoms with Crippen LogP contribution in [-0.2, 0) is 11.2 Å². The van der Waals surface area contributed by atoms with Crippen LogP contribution in [-0.4, -0.2) is 18.7 Å². The van der Waals surface area contributed by atoms with Gasteiger partial charge in [-0.05, 0) is 55.0 Å². The lowest BCUT2D eigenvalue weighted by Crippen LogP contribution is -2.31. The van der Waals surface area contributed by atoms with Crippen molar-refractivity contribution in [2.24, 2.45) is 16.6 Å². The molecule has 1 fully saturated rings. The van der Waals surface area contributed by atoms with Gasteiger partial charge < -0.3 is 11.1 Å². The fourth-order valence-electron chi connectivity index (χ4n) is 2.95. The van der Waals surface area contributed by atoms with Crippen LogP contribution in [0.2, 0.25) is 5.02 Å². The Labute approximate surface area is 135 Å². The first-order valence-electron chi connectivity index (χ1n) is 7.61. The molecule has 2 aliphatic rings. The molecule has 1 atom stereocenters. The summed E-state index contributed by atoms with van der Waals surface area (Å²) in [5, 5.41) is 3.75. The van der Waals surface area contributed by atoms with Crippen LogP contribution in [0.25, 0.3) is 0 Å². The summed E-state index contributed by atoms with van der Waals surface area (Å²) >= 11 is 6.01. The summed E-state index contributed by atoms with van der Waals surface area (Å²) in [6.45, 7) is 0. The van der Waals surface area contributed by atoms with Gasteiger partial charge in [-0.1, -0.05) is 17.7 Å². The summed E-state index contributed by atoms with van der Waals surface area (Å²) in [7, 11) is 1.74. The molecule has 1 aromatic rings. The summed E-state index contributed by atoms with van der Waals surface area (Å²) in [4.78, 5) is 16.5.